The fraction of sp³-hybridized carbons (Fsp3) is 0.455. The number of rotatable bonds is 11. The van der Waals surface area contributed by atoms with Gasteiger partial charge in [-0.3, -0.25) is 0 Å². The molecule has 0 radical (unpaired) electrons. The van der Waals surface area contributed by atoms with Gasteiger partial charge in [-0.05, 0) is 11.1 Å². The van der Waals surface area contributed by atoms with Crippen molar-refractivity contribution >= 4 is 8.07 Å². The molecule has 0 bridgehead atoms. The summed E-state index contributed by atoms with van der Waals surface area (Å²) in [5, 5.41) is 11.0. The van der Waals surface area contributed by atoms with Crippen LogP contribution in [0.15, 0.2) is 60.7 Å². The molecular weight excluding hydrogens is 356 g/mol. The highest BCUT2D eigenvalue weighted by atomic mass is 28.3. The first-order valence-electron chi connectivity index (χ1n) is 9.40. The Bertz CT molecular complexity index is 642. The predicted molar refractivity (Wildman–Crippen MR) is 111 cm³/mol. The normalized spacial score (nSPS) is 15.3. The molecule has 0 amide bonds. The lowest BCUT2D eigenvalue weighted by Crippen LogP contribution is -2.54. The second-order valence-corrected chi connectivity index (χ2v) is 13.1. The van der Waals surface area contributed by atoms with Crippen molar-refractivity contribution in [1.82, 2.24) is 0 Å². The molecule has 2 aromatic rings. The van der Waals surface area contributed by atoms with Gasteiger partial charge >= 0.3 is 0 Å². The van der Waals surface area contributed by atoms with E-state index in [4.69, 9.17) is 14.2 Å². The Morgan fingerprint density at radius 3 is 1.85 bits per heavy atom. The Hall–Kier alpha value is -1.50. The Kier molecular flexibility index (Phi) is 8.66. The molecule has 148 valence electrons. The molecule has 2 aromatic carbocycles. The van der Waals surface area contributed by atoms with E-state index in [9.17, 15) is 5.11 Å². The number of aliphatic hydroxyl groups excluding tert-OH is 1. The van der Waals surface area contributed by atoms with E-state index in [0.29, 0.717) is 19.8 Å². The van der Waals surface area contributed by atoms with Crippen LogP contribution in [0.3, 0.4) is 0 Å². The second-order valence-electron chi connectivity index (χ2n) is 7.85. The first-order valence-corrected chi connectivity index (χ1v) is 13.0. The largest absolute Gasteiger partial charge is 0.388 e. The van der Waals surface area contributed by atoms with Gasteiger partial charge in [0.05, 0.1) is 33.6 Å². The van der Waals surface area contributed by atoms with Crippen molar-refractivity contribution in [3.63, 3.8) is 0 Å². The van der Waals surface area contributed by atoms with E-state index < -0.39 is 20.3 Å². The summed E-state index contributed by atoms with van der Waals surface area (Å²) in [6.45, 7) is 7.78. The minimum atomic E-state index is -1.73. The van der Waals surface area contributed by atoms with E-state index in [-0.39, 0.29) is 5.73 Å². The average Bonchev–Trinajstić information content (AvgIpc) is 2.65. The maximum Gasteiger partial charge on any atom is 0.109 e. The van der Waals surface area contributed by atoms with Gasteiger partial charge in [0.15, 0.2) is 0 Å². The number of benzene rings is 2. The van der Waals surface area contributed by atoms with Crippen molar-refractivity contribution in [2.24, 2.45) is 0 Å². The van der Waals surface area contributed by atoms with Crippen molar-refractivity contribution in [2.45, 2.75) is 50.8 Å². The van der Waals surface area contributed by atoms with Crippen molar-refractivity contribution in [3.05, 3.63) is 71.8 Å². The highest BCUT2D eigenvalue weighted by molar-refractivity contribution is 6.77. The fourth-order valence-electron chi connectivity index (χ4n) is 3.09. The second kappa shape index (κ2) is 10.7. The van der Waals surface area contributed by atoms with Crippen LogP contribution in [0.1, 0.15) is 11.1 Å². The van der Waals surface area contributed by atoms with Gasteiger partial charge in [0.25, 0.3) is 0 Å². The smallest absolute Gasteiger partial charge is 0.109 e. The zero-order chi connectivity index (χ0) is 19.7. The lowest BCUT2D eigenvalue weighted by Gasteiger charge is -2.35. The molecule has 0 fully saturated rings. The summed E-state index contributed by atoms with van der Waals surface area (Å²) in [5.74, 6) is 0. The fourth-order valence-corrected chi connectivity index (χ4v) is 5.04. The molecule has 0 saturated carbocycles. The highest BCUT2D eigenvalue weighted by Crippen LogP contribution is 2.20. The lowest BCUT2D eigenvalue weighted by molar-refractivity contribution is -0.116. The molecule has 5 heteroatoms. The van der Waals surface area contributed by atoms with Gasteiger partial charge in [-0.2, -0.15) is 0 Å². The molecule has 0 aliphatic rings. The first-order chi connectivity index (χ1) is 12.9. The highest BCUT2D eigenvalue weighted by Gasteiger charge is 2.38. The van der Waals surface area contributed by atoms with Crippen molar-refractivity contribution < 1.29 is 19.3 Å². The molecule has 4 nitrogen and oxygen atoms in total. The number of ether oxygens (including phenoxy) is 3. The first kappa shape index (κ1) is 21.8. The Labute approximate surface area is 164 Å². The molecule has 3 atom stereocenters. The molecule has 27 heavy (non-hydrogen) atoms. The molecule has 0 unspecified atom stereocenters. The van der Waals surface area contributed by atoms with E-state index in [2.05, 4.69) is 19.6 Å². The van der Waals surface area contributed by atoms with Gasteiger partial charge in [-0.15, -0.1) is 0 Å². The zero-order valence-corrected chi connectivity index (χ0v) is 17.8. The van der Waals surface area contributed by atoms with Crippen LogP contribution < -0.4 is 0 Å². The van der Waals surface area contributed by atoms with E-state index in [1.807, 2.05) is 60.7 Å². The minimum Gasteiger partial charge on any atom is -0.388 e. The van der Waals surface area contributed by atoms with Gasteiger partial charge in [0, 0.05) is 7.11 Å². The van der Waals surface area contributed by atoms with E-state index in [1.165, 1.54) is 0 Å². The Balaban J connectivity index is 2.02. The van der Waals surface area contributed by atoms with Crippen molar-refractivity contribution in [3.8, 4) is 0 Å². The topological polar surface area (TPSA) is 47.9 Å². The van der Waals surface area contributed by atoms with Gasteiger partial charge in [0.2, 0.25) is 0 Å². The summed E-state index contributed by atoms with van der Waals surface area (Å²) in [6, 6.07) is 20.0. The molecule has 0 aromatic heterocycles. The molecule has 0 aliphatic carbocycles. The zero-order valence-electron chi connectivity index (χ0n) is 16.8. The Morgan fingerprint density at radius 2 is 1.37 bits per heavy atom. The van der Waals surface area contributed by atoms with E-state index in [0.717, 1.165) is 11.1 Å². The summed E-state index contributed by atoms with van der Waals surface area (Å²) < 4.78 is 17.6. The van der Waals surface area contributed by atoms with Gasteiger partial charge in [-0.1, -0.05) is 80.3 Å². The van der Waals surface area contributed by atoms with Gasteiger partial charge in [-0.25, -0.2) is 0 Å². The number of hydrogen-bond acceptors (Lipinski definition) is 4. The monoisotopic (exact) mass is 388 g/mol. The van der Waals surface area contributed by atoms with Crippen LogP contribution in [-0.4, -0.2) is 44.8 Å². The Morgan fingerprint density at radius 1 is 0.852 bits per heavy atom. The molecule has 1 N–H and O–H groups in total. The SMILES string of the molecule is CO[C@@H]([C@@H](O)[C@H](COCc1ccccc1)OCc1ccccc1)[Si](C)(C)C. The summed E-state index contributed by atoms with van der Waals surface area (Å²) in [4.78, 5) is 0. The molecule has 0 aliphatic heterocycles. The minimum absolute atomic E-state index is 0.224. The third kappa shape index (κ3) is 7.20. The number of methoxy groups -OCH3 is 1. The van der Waals surface area contributed by atoms with Crippen LogP contribution in [0, 0.1) is 0 Å². The third-order valence-corrected chi connectivity index (χ3v) is 6.78. The summed E-state index contributed by atoms with van der Waals surface area (Å²) >= 11 is 0. The average molecular weight is 389 g/mol. The quantitative estimate of drug-likeness (QED) is 0.590. The molecule has 0 saturated heterocycles. The standard InChI is InChI=1S/C22H32O4Si/c1-24-22(27(2,3)4)21(23)20(26-16-19-13-9-6-10-14-19)17-25-15-18-11-7-5-8-12-18/h5-14,20-23H,15-17H2,1-4H3/t20-,21-,22+/m0/s1. The third-order valence-electron chi connectivity index (χ3n) is 4.50. The van der Waals surface area contributed by atoms with Crippen LogP contribution in [-0.2, 0) is 27.4 Å². The molecule has 0 heterocycles. The van der Waals surface area contributed by atoms with Crippen LogP contribution >= 0.6 is 0 Å². The van der Waals surface area contributed by atoms with E-state index >= 15 is 0 Å². The van der Waals surface area contributed by atoms with Crippen molar-refractivity contribution in [1.29, 1.82) is 0 Å². The van der Waals surface area contributed by atoms with Gasteiger partial charge in [0.1, 0.15) is 12.2 Å². The van der Waals surface area contributed by atoms with Crippen LogP contribution in [0.2, 0.25) is 19.6 Å². The maximum absolute atomic E-state index is 11.0. The summed E-state index contributed by atoms with van der Waals surface area (Å²) in [6.07, 6.45) is -1.19. The number of hydrogen-bond donors (Lipinski definition) is 1. The lowest BCUT2D eigenvalue weighted by atomic mass is 10.2. The van der Waals surface area contributed by atoms with Crippen molar-refractivity contribution in [2.75, 3.05) is 13.7 Å². The maximum atomic E-state index is 11.0. The summed E-state index contributed by atoms with van der Waals surface area (Å²) in [7, 11) is -0.0738. The van der Waals surface area contributed by atoms with Crippen LogP contribution in [0.25, 0.3) is 0 Å². The van der Waals surface area contributed by atoms with E-state index in [1.54, 1.807) is 7.11 Å². The molecular formula is C22H32O4Si. The number of aliphatic hydroxyl groups is 1. The molecule has 0 spiro atoms. The van der Waals surface area contributed by atoms with Gasteiger partial charge < -0.3 is 19.3 Å². The predicted octanol–water partition coefficient (Wildman–Crippen LogP) is 4.04. The molecule has 2 rings (SSSR count). The summed E-state index contributed by atoms with van der Waals surface area (Å²) in [5.41, 5.74) is 1.95. The van der Waals surface area contributed by atoms with Crippen LogP contribution in [0.4, 0.5) is 0 Å². The van der Waals surface area contributed by atoms with Crippen LogP contribution in [0.5, 0.6) is 0 Å².